The molecule has 0 heterocycles. The molecule has 0 aromatic heterocycles. The van der Waals surface area contributed by atoms with Crippen LogP contribution in [0.1, 0.15) is 101 Å². The van der Waals surface area contributed by atoms with E-state index in [2.05, 4.69) is 27.7 Å². The van der Waals surface area contributed by atoms with Gasteiger partial charge in [-0.1, -0.05) is 53.4 Å². The normalized spacial score (nSPS) is 11.1. The molecule has 0 unspecified atom stereocenters. The number of nitrogens with zero attached hydrogens (tertiary/aromatic N) is 1. The highest BCUT2D eigenvalue weighted by atomic mass is 16.4. The Kier molecular flexibility index (Phi) is 14.5. The fourth-order valence-electron chi connectivity index (χ4n) is 3.74. The van der Waals surface area contributed by atoms with Gasteiger partial charge in [-0.05, 0) is 68.4 Å². The van der Waals surface area contributed by atoms with E-state index in [1.165, 1.54) is 94.2 Å². The molecule has 1 rings (SSSR count). The molecule has 0 bridgehead atoms. The molecule has 0 aliphatic heterocycles. The molecule has 29 heavy (non-hydrogen) atoms. The summed E-state index contributed by atoms with van der Waals surface area (Å²) in [6.45, 7) is 18.6. The van der Waals surface area contributed by atoms with Crippen molar-refractivity contribution >= 4 is 11.7 Å². The third-order valence-electron chi connectivity index (χ3n) is 5.77. The van der Waals surface area contributed by atoms with Crippen LogP contribution in [0, 0.1) is 13.8 Å². The number of nitrogen functional groups attached to an aromatic ring is 1. The van der Waals surface area contributed by atoms with E-state index in [1.807, 2.05) is 0 Å². The molecule has 0 aliphatic rings. The maximum absolute atomic E-state index is 10.5. The maximum atomic E-state index is 10.5. The summed E-state index contributed by atoms with van der Waals surface area (Å²) in [6.07, 6.45) is 11.1. The molecule has 0 radical (unpaired) electrons. The van der Waals surface area contributed by atoms with Crippen LogP contribution in [0.4, 0.5) is 5.69 Å². The number of carbonyl (C=O) groups excluding carboxylic acids is 1. The van der Waals surface area contributed by atoms with Crippen LogP contribution in [0.15, 0.2) is 12.1 Å². The summed E-state index contributed by atoms with van der Waals surface area (Å²) >= 11 is 0. The van der Waals surface area contributed by atoms with Crippen LogP contribution in [-0.2, 0) is 0 Å². The molecule has 2 N–H and O–H groups in total. The number of aromatic carboxylic acids is 1. The minimum atomic E-state index is -1.17. The minimum Gasteiger partial charge on any atom is -0.545 e. The standard InChI is InChI=1S/C16H36N.C9H11NO2/c1-5-9-13-17(14-10-6-2,15-11-7-3)16-12-8-4;1-5-3-7(9(11)12)4-6(2)8(5)10/h5-16H2,1-4H3;3-4H,10H2,1-2H3,(H,11,12)/q+1;/p-1. The van der Waals surface area contributed by atoms with Crippen LogP contribution < -0.4 is 10.8 Å². The van der Waals surface area contributed by atoms with Crippen LogP contribution in [0.25, 0.3) is 0 Å². The SMILES string of the molecule is CCCC[N+](CCCC)(CCCC)CCCC.Cc1cc(C(=O)[O-])cc(C)c1N. The van der Waals surface area contributed by atoms with Gasteiger partial charge in [0.2, 0.25) is 0 Å². The number of anilines is 1. The van der Waals surface area contributed by atoms with E-state index in [9.17, 15) is 9.90 Å². The van der Waals surface area contributed by atoms with Crippen molar-refractivity contribution in [2.45, 2.75) is 92.9 Å². The number of hydrogen-bond donors (Lipinski definition) is 1. The van der Waals surface area contributed by atoms with Gasteiger partial charge in [-0.25, -0.2) is 0 Å². The van der Waals surface area contributed by atoms with Gasteiger partial charge in [0.05, 0.1) is 32.1 Å². The number of hydrogen-bond acceptors (Lipinski definition) is 3. The average Bonchev–Trinajstić information content (AvgIpc) is 2.71. The molecular weight excluding hydrogens is 360 g/mol. The van der Waals surface area contributed by atoms with Gasteiger partial charge < -0.3 is 20.1 Å². The lowest BCUT2D eigenvalue weighted by Gasteiger charge is -2.39. The third kappa shape index (κ3) is 10.7. The zero-order chi connectivity index (χ0) is 22.3. The van der Waals surface area contributed by atoms with Crippen LogP contribution >= 0.6 is 0 Å². The number of quaternary nitrogens is 1. The zero-order valence-electron chi connectivity index (χ0n) is 20.0. The second kappa shape index (κ2) is 15.3. The molecule has 1 aromatic carbocycles. The predicted octanol–water partition coefficient (Wildman–Crippen LogP) is 5.25. The van der Waals surface area contributed by atoms with Gasteiger partial charge in [0.15, 0.2) is 0 Å². The Morgan fingerprint density at radius 1 is 0.793 bits per heavy atom. The Morgan fingerprint density at radius 2 is 1.10 bits per heavy atom. The van der Waals surface area contributed by atoms with Crippen molar-refractivity contribution in [3.8, 4) is 0 Å². The molecule has 0 amide bonds. The number of nitrogens with two attached hydrogens (primary N) is 1. The monoisotopic (exact) mass is 406 g/mol. The second-order valence-corrected chi connectivity index (χ2v) is 8.46. The van der Waals surface area contributed by atoms with Crippen molar-refractivity contribution in [3.63, 3.8) is 0 Å². The number of unbranched alkanes of at least 4 members (excludes halogenated alkanes) is 4. The van der Waals surface area contributed by atoms with Crippen LogP contribution in [0.5, 0.6) is 0 Å². The largest absolute Gasteiger partial charge is 0.545 e. The summed E-state index contributed by atoms with van der Waals surface area (Å²) in [6, 6.07) is 3.02. The van der Waals surface area contributed by atoms with E-state index in [4.69, 9.17) is 5.73 Å². The first kappa shape index (κ1) is 27.5. The zero-order valence-corrected chi connectivity index (χ0v) is 20.0. The van der Waals surface area contributed by atoms with Gasteiger partial charge >= 0.3 is 0 Å². The fraction of sp³-hybridized carbons (Fsp3) is 0.720. The number of aryl methyl sites for hydroxylation is 2. The summed E-state index contributed by atoms with van der Waals surface area (Å²) in [4.78, 5) is 10.5. The first-order valence-corrected chi connectivity index (χ1v) is 11.7. The molecule has 4 heteroatoms. The highest BCUT2D eigenvalue weighted by Gasteiger charge is 2.24. The third-order valence-corrected chi connectivity index (χ3v) is 5.77. The van der Waals surface area contributed by atoms with Gasteiger partial charge in [0, 0.05) is 5.69 Å². The maximum Gasteiger partial charge on any atom is 0.0786 e. The molecule has 0 saturated carbocycles. The average molecular weight is 407 g/mol. The van der Waals surface area contributed by atoms with E-state index in [0.29, 0.717) is 5.69 Å². The van der Waals surface area contributed by atoms with Gasteiger partial charge in [-0.3, -0.25) is 0 Å². The summed E-state index contributed by atoms with van der Waals surface area (Å²) < 4.78 is 1.42. The molecule has 0 spiro atoms. The lowest BCUT2D eigenvalue weighted by molar-refractivity contribution is -0.929. The van der Waals surface area contributed by atoms with E-state index in [1.54, 1.807) is 13.8 Å². The first-order valence-electron chi connectivity index (χ1n) is 11.7. The van der Waals surface area contributed by atoms with Crippen LogP contribution in [-0.4, -0.2) is 36.6 Å². The Morgan fingerprint density at radius 3 is 1.34 bits per heavy atom. The first-order chi connectivity index (χ1) is 13.8. The van der Waals surface area contributed by atoms with E-state index < -0.39 is 5.97 Å². The quantitative estimate of drug-likeness (QED) is 0.359. The van der Waals surface area contributed by atoms with Gasteiger partial charge in [0.1, 0.15) is 0 Å². The molecular formula is C25H46N2O2. The molecule has 0 atom stereocenters. The van der Waals surface area contributed by atoms with Crippen molar-refractivity contribution in [1.29, 1.82) is 0 Å². The summed E-state index contributed by atoms with van der Waals surface area (Å²) in [7, 11) is 0. The van der Waals surface area contributed by atoms with Gasteiger partial charge in [-0.15, -0.1) is 0 Å². The number of rotatable bonds is 13. The lowest BCUT2D eigenvalue weighted by atomic mass is 10.1. The number of benzene rings is 1. The van der Waals surface area contributed by atoms with E-state index in [0.717, 1.165) is 11.1 Å². The fourth-order valence-corrected chi connectivity index (χ4v) is 3.74. The summed E-state index contributed by atoms with van der Waals surface area (Å²) in [5.74, 6) is -1.17. The highest BCUT2D eigenvalue weighted by molar-refractivity contribution is 5.87. The highest BCUT2D eigenvalue weighted by Crippen LogP contribution is 2.18. The predicted molar refractivity (Wildman–Crippen MR) is 124 cm³/mol. The second-order valence-electron chi connectivity index (χ2n) is 8.46. The summed E-state index contributed by atoms with van der Waals surface area (Å²) in [5.41, 5.74) is 8.00. The smallest absolute Gasteiger partial charge is 0.0786 e. The Balaban J connectivity index is 0.000000571. The van der Waals surface area contributed by atoms with Crippen molar-refractivity contribution in [1.82, 2.24) is 0 Å². The van der Waals surface area contributed by atoms with E-state index >= 15 is 0 Å². The number of carboxylic acid groups (broad SMARTS) is 1. The molecule has 168 valence electrons. The molecule has 4 nitrogen and oxygen atoms in total. The lowest BCUT2D eigenvalue weighted by Crippen LogP contribution is -2.50. The van der Waals surface area contributed by atoms with Gasteiger partial charge in [-0.2, -0.15) is 0 Å². The molecule has 0 saturated heterocycles. The van der Waals surface area contributed by atoms with Crippen molar-refractivity contribution in [2.75, 3.05) is 31.9 Å². The molecule has 1 aromatic rings. The van der Waals surface area contributed by atoms with E-state index in [-0.39, 0.29) is 5.56 Å². The Bertz CT molecular complexity index is 524. The van der Waals surface area contributed by atoms with Crippen molar-refractivity contribution in [3.05, 3.63) is 28.8 Å². The Labute approximate surface area is 180 Å². The van der Waals surface area contributed by atoms with Crippen molar-refractivity contribution in [2.24, 2.45) is 0 Å². The summed E-state index contributed by atoms with van der Waals surface area (Å²) in [5, 5.41) is 10.5. The van der Waals surface area contributed by atoms with Gasteiger partial charge in [0.25, 0.3) is 0 Å². The topological polar surface area (TPSA) is 66.1 Å². The van der Waals surface area contributed by atoms with Crippen LogP contribution in [0.2, 0.25) is 0 Å². The van der Waals surface area contributed by atoms with Crippen LogP contribution in [0.3, 0.4) is 0 Å². The minimum absolute atomic E-state index is 0.180. The van der Waals surface area contributed by atoms with Crippen molar-refractivity contribution < 1.29 is 14.4 Å². The molecule has 0 fully saturated rings. The number of carboxylic acids is 1. The molecule has 0 aliphatic carbocycles. The number of carbonyl (C=O) groups is 1. The Hall–Kier alpha value is -1.55.